The van der Waals surface area contributed by atoms with Crippen molar-refractivity contribution in [2.45, 2.75) is 32.2 Å². The van der Waals surface area contributed by atoms with Crippen LogP contribution in [-0.4, -0.2) is 16.9 Å². The number of ether oxygens (including phenoxy) is 1. The zero-order chi connectivity index (χ0) is 12.4. The molecule has 2 rings (SSSR count). The molecule has 1 aliphatic rings. The Hall–Kier alpha value is -1.07. The summed E-state index contributed by atoms with van der Waals surface area (Å²) >= 11 is 0. The number of rotatable bonds is 4. The summed E-state index contributed by atoms with van der Waals surface area (Å²) in [7, 11) is 3.60. The van der Waals surface area contributed by atoms with Gasteiger partial charge in [0.25, 0.3) is 0 Å². The second kappa shape index (κ2) is 5.06. The summed E-state index contributed by atoms with van der Waals surface area (Å²) in [5.74, 6) is 7.91. The Labute approximate surface area is 102 Å². The predicted octanol–water partition coefficient (Wildman–Crippen LogP) is 1.37. The molecule has 3 N–H and O–H groups in total. The smallest absolute Gasteiger partial charge is 0.161 e. The summed E-state index contributed by atoms with van der Waals surface area (Å²) in [6, 6.07) is 0.127. The van der Waals surface area contributed by atoms with Crippen LogP contribution >= 0.6 is 0 Å². The highest BCUT2D eigenvalue weighted by molar-refractivity contribution is 5.28. The summed E-state index contributed by atoms with van der Waals surface area (Å²) in [6.45, 7) is 2.30. The maximum atomic E-state index is 5.74. The van der Waals surface area contributed by atoms with Gasteiger partial charge in [0.15, 0.2) is 5.75 Å². The first-order chi connectivity index (χ1) is 8.17. The quantitative estimate of drug-likeness (QED) is 0.614. The molecule has 1 fully saturated rings. The third-order valence-electron chi connectivity index (χ3n) is 3.85. The highest BCUT2D eigenvalue weighted by Crippen LogP contribution is 2.40. The molecule has 96 valence electrons. The van der Waals surface area contributed by atoms with Crippen LogP contribution in [0.1, 0.15) is 37.9 Å². The van der Waals surface area contributed by atoms with Gasteiger partial charge in [-0.15, -0.1) is 0 Å². The SMILES string of the molecule is COc1cnn(C)c1C(NN)C1CCC(C)C1. The minimum atomic E-state index is 0.127. The lowest BCUT2D eigenvalue weighted by Gasteiger charge is -2.23. The average Bonchev–Trinajstić information content (AvgIpc) is 2.89. The van der Waals surface area contributed by atoms with Crippen LogP contribution in [0.5, 0.6) is 5.75 Å². The second-order valence-electron chi connectivity index (χ2n) is 5.04. The molecular weight excluding hydrogens is 216 g/mol. The molecule has 5 nitrogen and oxygen atoms in total. The Morgan fingerprint density at radius 3 is 2.88 bits per heavy atom. The number of hydrogen-bond donors (Lipinski definition) is 2. The lowest BCUT2D eigenvalue weighted by atomic mass is 9.94. The molecule has 17 heavy (non-hydrogen) atoms. The Morgan fingerprint density at radius 1 is 1.59 bits per heavy atom. The van der Waals surface area contributed by atoms with E-state index in [0.717, 1.165) is 17.4 Å². The fraction of sp³-hybridized carbons (Fsp3) is 0.750. The van der Waals surface area contributed by atoms with Gasteiger partial charge in [-0.3, -0.25) is 16.0 Å². The van der Waals surface area contributed by atoms with Crippen LogP contribution in [0.2, 0.25) is 0 Å². The molecule has 0 radical (unpaired) electrons. The van der Waals surface area contributed by atoms with Crippen molar-refractivity contribution in [1.29, 1.82) is 0 Å². The fourth-order valence-electron chi connectivity index (χ4n) is 2.93. The first-order valence-electron chi connectivity index (χ1n) is 6.19. The summed E-state index contributed by atoms with van der Waals surface area (Å²) in [5, 5.41) is 4.24. The van der Waals surface area contributed by atoms with E-state index < -0.39 is 0 Å². The van der Waals surface area contributed by atoms with E-state index in [2.05, 4.69) is 17.4 Å². The van der Waals surface area contributed by atoms with Crippen molar-refractivity contribution in [2.75, 3.05) is 7.11 Å². The lowest BCUT2D eigenvalue weighted by Crippen LogP contribution is -2.34. The van der Waals surface area contributed by atoms with Crippen molar-refractivity contribution in [1.82, 2.24) is 15.2 Å². The Morgan fingerprint density at radius 2 is 2.35 bits per heavy atom. The zero-order valence-corrected chi connectivity index (χ0v) is 10.8. The van der Waals surface area contributed by atoms with Gasteiger partial charge < -0.3 is 4.74 Å². The molecule has 1 aliphatic carbocycles. The van der Waals surface area contributed by atoms with E-state index in [4.69, 9.17) is 10.6 Å². The van der Waals surface area contributed by atoms with E-state index in [1.54, 1.807) is 13.3 Å². The van der Waals surface area contributed by atoms with Crippen LogP contribution in [0.25, 0.3) is 0 Å². The molecular formula is C12H22N4O. The highest BCUT2D eigenvalue weighted by Gasteiger charge is 2.32. The molecule has 0 saturated heterocycles. The first kappa shape index (κ1) is 12.4. The molecule has 5 heteroatoms. The Kier molecular flexibility index (Phi) is 3.69. The number of nitrogens with two attached hydrogens (primary N) is 1. The van der Waals surface area contributed by atoms with Gasteiger partial charge in [-0.05, 0) is 24.7 Å². The monoisotopic (exact) mass is 238 g/mol. The topological polar surface area (TPSA) is 65.1 Å². The molecule has 0 spiro atoms. The van der Waals surface area contributed by atoms with Gasteiger partial charge in [0.2, 0.25) is 0 Å². The number of aryl methyl sites for hydroxylation is 1. The number of hydrazine groups is 1. The van der Waals surface area contributed by atoms with Gasteiger partial charge in [0.05, 0.1) is 25.0 Å². The van der Waals surface area contributed by atoms with E-state index in [-0.39, 0.29) is 6.04 Å². The molecule has 3 atom stereocenters. The maximum Gasteiger partial charge on any atom is 0.161 e. The maximum absolute atomic E-state index is 5.74. The van der Waals surface area contributed by atoms with Gasteiger partial charge in [-0.25, -0.2) is 0 Å². The van der Waals surface area contributed by atoms with Gasteiger partial charge >= 0.3 is 0 Å². The van der Waals surface area contributed by atoms with E-state index in [9.17, 15) is 0 Å². The molecule has 0 aliphatic heterocycles. The molecule has 1 aromatic rings. The van der Waals surface area contributed by atoms with Gasteiger partial charge in [-0.1, -0.05) is 13.3 Å². The summed E-state index contributed by atoms with van der Waals surface area (Å²) in [4.78, 5) is 0. The van der Waals surface area contributed by atoms with E-state index in [1.807, 2.05) is 11.7 Å². The number of methoxy groups -OCH3 is 1. The van der Waals surface area contributed by atoms with Crippen LogP contribution < -0.4 is 16.0 Å². The number of hydrogen-bond acceptors (Lipinski definition) is 4. The molecule has 1 saturated carbocycles. The Bertz CT molecular complexity index is 377. The van der Waals surface area contributed by atoms with Gasteiger partial charge in [0.1, 0.15) is 0 Å². The van der Waals surface area contributed by atoms with Crippen LogP contribution in [0, 0.1) is 11.8 Å². The third kappa shape index (κ3) is 2.30. The average molecular weight is 238 g/mol. The molecule has 0 aromatic carbocycles. The molecule has 1 heterocycles. The second-order valence-corrected chi connectivity index (χ2v) is 5.04. The van der Waals surface area contributed by atoms with E-state index in [0.29, 0.717) is 5.92 Å². The van der Waals surface area contributed by atoms with Crippen molar-refractivity contribution in [2.24, 2.45) is 24.7 Å². The van der Waals surface area contributed by atoms with Crippen molar-refractivity contribution in [3.63, 3.8) is 0 Å². The van der Waals surface area contributed by atoms with Crippen LogP contribution in [0.3, 0.4) is 0 Å². The van der Waals surface area contributed by atoms with Crippen molar-refractivity contribution < 1.29 is 4.74 Å². The van der Waals surface area contributed by atoms with Crippen LogP contribution in [0.4, 0.5) is 0 Å². The third-order valence-corrected chi connectivity index (χ3v) is 3.85. The van der Waals surface area contributed by atoms with E-state index >= 15 is 0 Å². The van der Waals surface area contributed by atoms with Crippen LogP contribution in [0.15, 0.2) is 6.20 Å². The van der Waals surface area contributed by atoms with Gasteiger partial charge in [0, 0.05) is 7.05 Å². The minimum absolute atomic E-state index is 0.127. The minimum Gasteiger partial charge on any atom is -0.493 e. The largest absolute Gasteiger partial charge is 0.493 e. The van der Waals surface area contributed by atoms with Crippen molar-refractivity contribution >= 4 is 0 Å². The van der Waals surface area contributed by atoms with Crippen molar-refractivity contribution in [3.8, 4) is 5.75 Å². The summed E-state index contributed by atoms with van der Waals surface area (Å²) < 4.78 is 7.21. The first-order valence-corrected chi connectivity index (χ1v) is 6.19. The predicted molar refractivity (Wildman–Crippen MR) is 66.3 cm³/mol. The summed E-state index contributed by atoms with van der Waals surface area (Å²) in [6.07, 6.45) is 5.45. The van der Waals surface area contributed by atoms with E-state index in [1.165, 1.54) is 19.3 Å². The lowest BCUT2D eigenvalue weighted by molar-refractivity contribution is 0.328. The van der Waals surface area contributed by atoms with Gasteiger partial charge in [-0.2, -0.15) is 5.10 Å². The highest BCUT2D eigenvalue weighted by atomic mass is 16.5. The molecule has 0 amide bonds. The van der Waals surface area contributed by atoms with Crippen molar-refractivity contribution in [3.05, 3.63) is 11.9 Å². The fourth-order valence-corrected chi connectivity index (χ4v) is 2.93. The number of nitrogens with zero attached hydrogens (tertiary/aromatic N) is 2. The Balaban J connectivity index is 2.25. The summed E-state index contributed by atoms with van der Waals surface area (Å²) in [5.41, 5.74) is 3.99. The van der Waals surface area contributed by atoms with Crippen LogP contribution in [-0.2, 0) is 7.05 Å². The number of aromatic nitrogens is 2. The standard InChI is InChI=1S/C12H22N4O/c1-8-4-5-9(6-8)11(15-13)12-10(17-3)7-14-16(12)2/h7-9,11,15H,4-6,13H2,1-3H3. The number of nitrogens with one attached hydrogen (secondary N) is 1. The normalized spacial score (nSPS) is 26.1. The molecule has 0 bridgehead atoms. The molecule has 3 unspecified atom stereocenters. The molecule has 1 aromatic heterocycles. The zero-order valence-electron chi connectivity index (χ0n) is 10.8.